The van der Waals surface area contributed by atoms with Crippen LogP contribution in [0, 0.1) is 0 Å². The van der Waals surface area contributed by atoms with Gasteiger partial charge in [0.15, 0.2) is 0 Å². The van der Waals surface area contributed by atoms with Crippen LogP contribution in [-0.2, 0) is 5.75 Å². The summed E-state index contributed by atoms with van der Waals surface area (Å²) in [4.78, 5) is 0. The molecular weight excluding hydrogens is 340 g/mol. The molecular formula is C19H13ClN2OS. The average molecular weight is 353 g/mol. The molecule has 0 saturated carbocycles. The molecule has 0 atom stereocenters. The maximum atomic E-state index is 6.17. The summed E-state index contributed by atoms with van der Waals surface area (Å²) < 4.78 is 5.74. The number of thioether (sulfide) groups is 1. The van der Waals surface area contributed by atoms with Gasteiger partial charge in [-0.15, -0.1) is 10.2 Å². The largest absolute Gasteiger partial charge is 0.411 e. The Hall–Kier alpha value is -2.30. The van der Waals surface area contributed by atoms with Crippen molar-refractivity contribution in [1.29, 1.82) is 0 Å². The molecule has 4 aromatic rings. The van der Waals surface area contributed by atoms with Crippen LogP contribution in [0.15, 0.2) is 76.4 Å². The van der Waals surface area contributed by atoms with Crippen LogP contribution in [-0.4, -0.2) is 10.2 Å². The molecule has 0 fully saturated rings. The van der Waals surface area contributed by atoms with Gasteiger partial charge in [-0.05, 0) is 28.5 Å². The third-order valence-electron chi connectivity index (χ3n) is 3.74. The molecule has 0 spiro atoms. The van der Waals surface area contributed by atoms with Gasteiger partial charge in [0.05, 0.1) is 10.6 Å². The van der Waals surface area contributed by atoms with E-state index in [4.69, 9.17) is 16.0 Å². The van der Waals surface area contributed by atoms with Gasteiger partial charge in [0.2, 0.25) is 5.89 Å². The maximum absolute atomic E-state index is 6.17. The maximum Gasteiger partial charge on any atom is 0.277 e. The number of aromatic nitrogens is 2. The van der Waals surface area contributed by atoms with Gasteiger partial charge in [0, 0.05) is 5.75 Å². The summed E-state index contributed by atoms with van der Waals surface area (Å²) in [6, 6.07) is 22.1. The van der Waals surface area contributed by atoms with Crippen molar-refractivity contribution in [3.8, 4) is 11.5 Å². The monoisotopic (exact) mass is 352 g/mol. The number of benzene rings is 3. The Kier molecular flexibility index (Phi) is 4.24. The van der Waals surface area contributed by atoms with Gasteiger partial charge in [0.25, 0.3) is 5.22 Å². The molecule has 0 aliphatic carbocycles. The number of hydrogen-bond acceptors (Lipinski definition) is 4. The number of hydrogen-bond donors (Lipinski definition) is 0. The van der Waals surface area contributed by atoms with E-state index in [0.717, 1.165) is 11.3 Å². The summed E-state index contributed by atoms with van der Waals surface area (Å²) in [6.45, 7) is 0. The predicted octanol–water partition coefficient (Wildman–Crippen LogP) is 5.84. The van der Waals surface area contributed by atoms with Crippen LogP contribution < -0.4 is 0 Å². The van der Waals surface area contributed by atoms with Crippen molar-refractivity contribution in [2.45, 2.75) is 11.0 Å². The lowest BCUT2D eigenvalue weighted by atomic mass is 10.1. The molecule has 1 heterocycles. The fraction of sp³-hybridized carbons (Fsp3) is 0.0526. The molecule has 0 bridgehead atoms. The van der Waals surface area contributed by atoms with Crippen molar-refractivity contribution in [1.82, 2.24) is 10.2 Å². The minimum absolute atomic E-state index is 0.445. The first-order valence-corrected chi connectivity index (χ1v) is 8.85. The SMILES string of the molecule is Clc1ccccc1-c1nnc(SCc2cccc3ccccc23)o1. The van der Waals surface area contributed by atoms with Crippen LogP contribution in [0.2, 0.25) is 5.02 Å². The fourth-order valence-electron chi connectivity index (χ4n) is 2.57. The second-order valence-corrected chi connectivity index (χ2v) is 6.61. The third-order valence-corrected chi connectivity index (χ3v) is 4.94. The molecule has 0 amide bonds. The van der Waals surface area contributed by atoms with Gasteiger partial charge in [-0.3, -0.25) is 0 Å². The lowest BCUT2D eigenvalue weighted by Crippen LogP contribution is -1.84. The summed E-state index contributed by atoms with van der Waals surface area (Å²) in [7, 11) is 0. The van der Waals surface area contributed by atoms with Gasteiger partial charge in [-0.2, -0.15) is 0 Å². The van der Waals surface area contributed by atoms with E-state index >= 15 is 0 Å². The summed E-state index contributed by atoms with van der Waals surface area (Å²) >= 11 is 7.70. The Balaban J connectivity index is 1.56. The van der Waals surface area contributed by atoms with E-state index in [1.165, 1.54) is 28.1 Å². The van der Waals surface area contributed by atoms with Crippen molar-refractivity contribution in [3.05, 3.63) is 77.3 Å². The van der Waals surface area contributed by atoms with Crippen LogP contribution in [0.1, 0.15) is 5.56 Å². The molecule has 24 heavy (non-hydrogen) atoms. The Morgan fingerprint density at radius 1 is 0.875 bits per heavy atom. The highest BCUT2D eigenvalue weighted by atomic mass is 35.5. The number of nitrogens with zero attached hydrogens (tertiary/aromatic N) is 2. The van der Waals surface area contributed by atoms with E-state index in [-0.39, 0.29) is 0 Å². The molecule has 0 radical (unpaired) electrons. The number of rotatable bonds is 4. The molecule has 3 aromatic carbocycles. The first-order valence-electron chi connectivity index (χ1n) is 7.49. The molecule has 3 nitrogen and oxygen atoms in total. The van der Waals surface area contributed by atoms with Crippen molar-refractivity contribution < 1.29 is 4.42 Å². The van der Waals surface area contributed by atoms with E-state index in [2.05, 4.69) is 46.6 Å². The zero-order valence-electron chi connectivity index (χ0n) is 12.6. The van der Waals surface area contributed by atoms with Gasteiger partial charge in [-0.25, -0.2) is 0 Å². The number of halogens is 1. The van der Waals surface area contributed by atoms with E-state index in [9.17, 15) is 0 Å². The molecule has 0 unspecified atom stereocenters. The average Bonchev–Trinajstić information content (AvgIpc) is 3.09. The fourth-order valence-corrected chi connectivity index (χ4v) is 3.55. The summed E-state index contributed by atoms with van der Waals surface area (Å²) in [5, 5.41) is 11.8. The molecule has 118 valence electrons. The quantitative estimate of drug-likeness (QED) is 0.433. The smallest absolute Gasteiger partial charge is 0.277 e. The molecule has 0 aliphatic heterocycles. The van der Waals surface area contributed by atoms with Crippen LogP contribution >= 0.6 is 23.4 Å². The number of fused-ring (bicyclic) bond motifs is 1. The van der Waals surface area contributed by atoms with Crippen molar-refractivity contribution in [2.75, 3.05) is 0 Å². The normalized spacial score (nSPS) is 11.0. The zero-order valence-corrected chi connectivity index (χ0v) is 14.2. The molecule has 0 aliphatic rings. The highest BCUT2D eigenvalue weighted by molar-refractivity contribution is 7.98. The Bertz CT molecular complexity index is 994. The van der Waals surface area contributed by atoms with Gasteiger partial charge in [0.1, 0.15) is 0 Å². The minimum atomic E-state index is 0.445. The molecule has 5 heteroatoms. The van der Waals surface area contributed by atoms with Crippen LogP contribution in [0.3, 0.4) is 0 Å². The first kappa shape index (κ1) is 15.2. The standard InChI is InChI=1S/C19H13ClN2OS/c20-17-11-4-3-10-16(17)18-21-22-19(23-18)24-12-14-8-5-7-13-6-1-2-9-15(13)14/h1-11H,12H2. The Morgan fingerprint density at radius 2 is 1.67 bits per heavy atom. The van der Waals surface area contributed by atoms with E-state index in [0.29, 0.717) is 16.1 Å². The minimum Gasteiger partial charge on any atom is -0.411 e. The van der Waals surface area contributed by atoms with E-state index in [1.54, 1.807) is 0 Å². The second kappa shape index (κ2) is 6.67. The van der Waals surface area contributed by atoms with Crippen molar-refractivity contribution >= 4 is 34.1 Å². The molecule has 0 N–H and O–H groups in total. The second-order valence-electron chi connectivity index (χ2n) is 5.28. The van der Waals surface area contributed by atoms with Gasteiger partial charge in [-0.1, -0.05) is 78.0 Å². The summed E-state index contributed by atoms with van der Waals surface area (Å²) in [6.07, 6.45) is 0. The Morgan fingerprint density at radius 3 is 2.58 bits per heavy atom. The van der Waals surface area contributed by atoms with E-state index in [1.807, 2.05) is 30.3 Å². The summed E-state index contributed by atoms with van der Waals surface area (Å²) in [5.74, 6) is 1.21. The van der Waals surface area contributed by atoms with Crippen LogP contribution in [0.5, 0.6) is 0 Å². The van der Waals surface area contributed by atoms with Crippen molar-refractivity contribution in [2.24, 2.45) is 0 Å². The third kappa shape index (κ3) is 3.03. The Labute approximate surface area is 148 Å². The predicted molar refractivity (Wildman–Crippen MR) is 98.3 cm³/mol. The highest BCUT2D eigenvalue weighted by Crippen LogP contribution is 2.31. The van der Waals surface area contributed by atoms with Gasteiger partial charge < -0.3 is 4.42 Å². The lowest BCUT2D eigenvalue weighted by molar-refractivity contribution is 0.466. The lowest BCUT2D eigenvalue weighted by Gasteiger charge is -2.04. The van der Waals surface area contributed by atoms with Crippen LogP contribution in [0.4, 0.5) is 0 Å². The zero-order chi connectivity index (χ0) is 16.4. The van der Waals surface area contributed by atoms with Gasteiger partial charge >= 0.3 is 0 Å². The summed E-state index contributed by atoms with van der Waals surface area (Å²) in [5.41, 5.74) is 2.00. The first-order chi connectivity index (χ1) is 11.8. The molecule has 1 aromatic heterocycles. The highest BCUT2D eigenvalue weighted by Gasteiger charge is 2.12. The molecule has 0 saturated heterocycles. The van der Waals surface area contributed by atoms with E-state index < -0.39 is 0 Å². The molecule has 4 rings (SSSR count). The topological polar surface area (TPSA) is 38.9 Å². The van der Waals surface area contributed by atoms with Crippen LogP contribution in [0.25, 0.3) is 22.2 Å². The van der Waals surface area contributed by atoms with Crippen molar-refractivity contribution in [3.63, 3.8) is 0 Å².